The molecule has 9 heteroatoms. The number of benzene rings is 1. The standard InChI is InChI=1S/C17H18N4O4S/c1-25-18-12-13-4-5-14(15(11-13)21(23)24)19-6-8-20(9-7-19)17(22)16-3-2-10-26-16/h2-5,10-12H,6-9H2,1H3/b18-12+. The zero-order valence-electron chi connectivity index (χ0n) is 14.2. The molecule has 1 saturated heterocycles. The summed E-state index contributed by atoms with van der Waals surface area (Å²) in [4.78, 5) is 32.5. The second kappa shape index (κ2) is 7.96. The van der Waals surface area contributed by atoms with Gasteiger partial charge in [0, 0.05) is 37.8 Å². The predicted octanol–water partition coefficient (Wildman–Crippen LogP) is 2.60. The highest BCUT2D eigenvalue weighted by atomic mass is 32.1. The molecular weight excluding hydrogens is 356 g/mol. The van der Waals surface area contributed by atoms with Crippen LogP contribution in [0.4, 0.5) is 11.4 Å². The first-order valence-corrected chi connectivity index (χ1v) is 8.91. The van der Waals surface area contributed by atoms with E-state index in [1.807, 2.05) is 22.4 Å². The fourth-order valence-corrected chi connectivity index (χ4v) is 3.55. The first-order chi connectivity index (χ1) is 12.6. The van der Waals surface area contributed by atoms with Crippen molar-refractivity contribution in [2.75, 3.05) is 38.2 Å². The first kappa shape index (κ1) is 17.9. The monoisotopic (exact) mass is 374 g/mol. The minimum atomic E-state index is -0.400. The molecule has 8 nitrogen and oxygen atoms in total. The third kappa shape index (κ3) is 3.83. The summed E-state index contributed by atoms with van der Waals surface area (Å²) < 4.78 is 0. The maximum Gasteiger partial charge on any atom is 0.293 e. The summed E-state index contributed by atoms with van der Waals surface area (Å²) in [5.74, 6) is 0.0141. The van der Waals surface area contributed by atoms with Crippen molar-refractivity contribution >= 4 is 34.8 Å². The third-order valence-corrected chi connectivity index (χ3v) is 5.00. The number of carbonyl (C=O) groups is 1. The Hall–Kier alpha value is -2.94. The summed E-state index contributed by atoms with van der Waals surface area (Å²) in [5.41, 5.74) is 1.16. The number of nitro groups is 1. The molecule has 0 bridgehead atoms. The molecule has 1 aliphatic rings. The van der Waals surface area contributed by atoms with Gasteiger partial charge in [-0.2, -0.15) is 0 Å². The van der Waals surface area contributed by atoms with E-state index >= 15 is 0 Å². The minimum Gasteiger partial charge on any atom is -0.399 e. The molecule has 1 amide bonds. The summed E-state index contributed by atoms with van der Waals surface area (Å²) in [6, 6.07) is 8.61. The van der Waals surface area contributed by atoms with Crippen molar-refractivity contribution < 1.29 is 14.6 Å². The van der Waals surface area contributed by atoms with E-state index in [1.165, 1.54) is 30.7 Å². The van der Waals surface area contributed by atoms with Crippen molar-refractivity contribution in [3.05, 3.63) is 56.3 Å². The lowest BCUT2D eigenvalue weighted by molar-refractivity contribution is -0.384. The lowest BCUT2D eigenvalue weighted by atomic mass is 10.1. The molecule has 0 atom stereocenters. The number of hydrogen-bond donors (Lipinski definition) is 0. The topological polar surface area (TPSA) is 88.3 Å². The highest BCUT2D eigenvalue weighted by molar-refractivity contribution is 7.12. The van der Waals surface area contributed by atoms with Gasteiger partial charge in [0.2, 0.25) is 0 Å². The quantitative estimate of drug-likeness (QED) is 0.456. The van der Waals surface area contributed by atoms with Crippen LogP contribution in [0.2, 0.25) is 0 Å². The molecule has 2 aromatic rings. The Bertz CT molecular complexity index is 814. The van der Waals surface area contributed by atoms with E-state index in [0.717, 1.165) is 0 Å². The van der Waals surface area contributed by atoms with Gasteiger partial charge >= 0.3 is 0 Å². The van der Waals surface area contributed by atoms with Crippen molar-refractivity contribution in [2.45, 2.75) is 0 Å². The van der Waals surface area contributed by atoms with Crippen LogP contribution in [0, 0.1) is 10.1 Å². The fourth-order valence-electron chi connectivity index (χ4n) is 2.85. The van der Waals surface area contributed by atoms with E-state index in [2.05, 4.69) is 9.99 Å². The fraction of sp³-hybridized carbons (Fsp3) is 0.294. The molecule has 1 aliphatic heterocycles. The summed E-state index contributed by atoms with van der Waals surface area (Å²) in [6.45, 7) is 2.15. The van der Waals surface area contributed by atoms with E-state index in [0.29, 0.717) is 42.3 Å². The van der Waals surface area contributed by atoms with Gasteiger partial charge in [-0.05, 0) is 17.5 Å². The maximum atomic E-state index is 12.4. The summed E-state index contributed by atoms with van der Waals surface area (Å²) in [5, 5.41) is 17.0. The average Bonchev–Trinajstić information content (AvgIpc) is 3.20. The lowest BCUT2D eigenvalue weighted by Crippen LogP contribution is -2.48. The largest absolute Gasteiger partial charge is 0.399 e. The first-order valence-electron chi connectivity index (χ1n) is 8.03. The SMILES string of the molecule is CO/N=C/c1ccc(N2CCN(C(=O)c3cccs3)CC2)c([N+](=O)[O-])c1. The Morgan fingerprint density at radius 1 is 1.31 bits per heavy atom. The average molecular weight is 374 g/mol. The molecule has 2 heterocycles. The molecule has 0 N–H and O–H groups in total. The van der Waals surface area contributed by atoms with Crippen LogP contribution >= 0.6 is 11.3 Å². The second-order valence-electron chi connectivity index (χ2n) is 5.68. The van der Waals surface area contributed by atoms with Gasteiger partial charge in [0.1, 0.15) is 12.8 Å². The van der Waals surface area contributed by atoms with E-state index in [-0.39, 0.29) is 11.6 Å². The Morgan fingerprint density at radius 2 is 2.08 bits per heavy atom. The molecule has 0 aliphatic carbocycles. The second-order valence-corrected chi connectivity index (χ2v) is 6.63. The van der Waals surface area contributed by atoms with Gasteiger partial charge in [0.25, 0.3) is 11.6 Å². The lowest BCUT2D eigenvalue weighted by Gasteiger charge is -2.35. The number of oxime groups is 1. The maximum absolute atomic E-state index is 12.4. The van der Waals surface area contributed by atoms with Gasteiger partial charge < -0.3 is 14.6 Å². The van der Waals surface area contributed by atoms with Crippen molar-refractivity contribution in [2.24, 2.45) is 5.16 Å². The van der Waals surface area contributed by atoms with Crippen LogP contribution in [0.25, 0.3) is 0 Å². The molecule has 1 aromatic heterocycles. The smallest absolute Gasteiger partial charge is 0.293 e. The molecule has 0 unspecified atom stereocenters. The zero-order chi connectivity index (χ0) is 18.5. The predicted molar refractivity (Wildman–Crippen MR) is 100 cm³/mol. The van der Waals surface area contributed by atoms with Crippen molar-refractivity contribution in [1.29, 1.82) is 0 Å². The number of anilines is 1. The Balaban J connectivity index is 1.73. The summed E-state index contributed by atoms with van der Waals surface area (Å²) in [6.07, 6.45) is 1.43. The number of amides is 1. The van der Waals surface area contributed by atoms with Crippen LogP contribution in [0.5, 0.6) is 0 Å². The third-order valence-electron chi connectivity index (χ3n) is 4.14. The van der Waals surface area contributed by atoms with Gasteiger partial charge in [-0.1, -0.05) is 17.3 Å². The molecule has 0 radical (unpaired) electrons. The Kier molecular flexibility index (Phi) is 5.47. The van der Waals surface area contributed by atoms with Crippen LogP contribution in [0.1, 0.15) is 15.2 Å². The molecule has 1 aromatic carbocycles. The molecular formula is C17H18N4O4S. The van der Waals surface area contributed by atoms with Crippen molar-refractivity contribution in [3.8, 4) is 0 Å². The van der Waals surface area contributed by atoms with E-state index in [1.54, 1.807) is 17.0 Å². The Labute approximate surface area is 154 Å². The minimum absolute atomic E-state index is 0.0141. The van der Waals surface area contributed by atoms with Crippen LogP contribution in [0.15, 0.2) is 40.9 Å². The van der Waals surface area contributed by atoms with E-state index < -0.39 is 4.92 Å². The number of carbonyl (C=O) groups excluding carboxylic acids is 1. The van der Waals surface area contributed by atoms with Crippen LogP contribution in [-0.4, -0.2) is 55.2 Å². The van der Waals surface area contributed by atoms with Crippen LogP contribution < -0.4 is 4.90 Å². The Morgan fingerprint density at radius 3 is 2.69 bits per heavy atom. The molecule has 3 rings (SSSR count). The molecule has 26 heavy (non-hydrogen) atoms. The highest BCUT2D eigenvalue weighted by Gasteiger charge is 2.26. The number of piperazine rings is 1. The van der Waals surface area contributed by atoms with Gasteiger partial charge in [-0.15, -0.1) is 11.3 Å². The number of rotatable bonds is 5. The van der Waals surface area contributed by atoms with Gasteiger partial charge in [0.05, 0.1) is 16.0 Å². The number of hydrogen-bond acceptors (Lipinski definition) is 7. The van der Waals surface area contributed by atoms with Gasteiger partial charge in [-0.25, -0.2) is 0 Å². The van der Waals surface area contributed by atoms with E-state index in [9.17, 15) is 14.9 Å². The van der Waals surface area contributed by atoms with Gasteiger partial charge in [-0.3, -0.25) is 14.9 Å². The van der Waals surface area contributed by atoms with Crippen LogP contribution in [-0.2, 0) is 4.84 Å². The number of thiophene rings is 1. The normalized spacial score (nSPS) is 14.7. The summed E-state index contributed by atoms with van der Waals surface area (Å²) >= 11 is 1.42. The zero-order valence-corrected chi connectivity index (χ0v) is 15.0. The summed E-state index contributed by atoms with van der Waals surface area (Å²) in [7, 11) is 1.41. The van der Waals surface area contributed by atoms with Crippen molar-refractivity contribution in [1.82, 2.24) is 4.90 Å². The molecule has 0 spiro atoms. The number of nitrogens with zero attached hydrogens (tertiary/aromatic N) is 4. The number of nitro benzene ring substituents is 1. The van der Waals surface area contributed by atoms with E-state index in [4.69, 9.17) is 0 Å². The van der Waals surface area contributed by atoms with Crippen molar-refractivity contribution in [3.63, 3.8) is 0 Å². The highest BCUT2D eigenvalue weighted by Crippen LogP contribution is 2.30. The van der Waals surface area contributed by atoms with Gasteiger partial charge in [0.15, 0.2) is 0 Å². The molecule has 1 fully saturated rings. The molecule has 136 valence electrons. The van der Waals surface area contributed by atoms with Crippen LogP contribution in [0.3, 0.4) is 0 Å². The molecule has 0 saturated carbocycles.